The van der Waals surface area contributed by atoms with Crippen molar-refractivity contribution >= 4 is 16.7 Å². The lowest BCUT2D eigenvalue weighted by Gasteiger charge is -2.17. The van der Waals surface area contributed by atoms with Gasteiger partial charge in [0.1, 0.15) is 30.4 Å². The van der Waals surface area contributed by atoms with Crippen molar-refractivity contribution in [3.8, 4) is 5.75 Å². The Hall–Kier alpha value is -2.97. The Morgan fingerprint density at radius 2 is 2.07 bits per heavy atom. The zero-order valence-corrected chi connectivity index (χ0v) is 15.2. The molecule has 2 unspecified atom stereocenters. The zero-order chi connectivity index (χ0) is 19.5. The van der Waals surface area contributed by atoms with Crippen LogP contribution < -0.4 is 4.74 Å². The summed E-state index contributed by atoms with van der Waals surface area (Å²) in [5.41, 5.74) is 1.82. The molecule has 1 aromatic heterocycles. The first kappa shape index (κ1) is 18.4. The quantitative estimate of drug-likeness (QED) is 0.497. The van der Waals surface area contributed by atoms with Crippen molar-refractivity contribution < 1.29 is 19.5 Å². The zero-order valence-electron chi connectivity index (χ0n) is 15.2. The van der Waals surface area contributed by atoms with Crippen LogP contribution in [0.25, 0.3) is 11.0 Å². The van der Waals surface area contributed by atoms with Gasteiger partial charge in [-0.1, -0.05) is 12.1 Å². The molecule has 0 saturated carbocycles. The molecule has 1 aliphatic rings. The van der Waals surface area contributed by atoms with Gasteiger partial charge in [0, 0.05) is 18.7 Å². The third-order valence-corrected chi connectivity index (χ3v) is 4.78. The van der Waals surface area contributed by atoms with Crippen LogP contribution in [0.4, 0.5) is 5.69 Å². The Balaban J connectivity index is 1.47. The number of imidazole rings is 1. The molecule has 1 saturated heterocycles. The number of nitro groups is 1. The first-order chi connectivity index (χ1) is 13.6. The topological polar surface area (TPSA) is 99.7 Å². The van der Waals surface area contributed by atoms with Crippen molar-refractivity contribution in [1.82, 2.24) is 9.55 Å². The molecule has 8 heteroatoms. The third kappa shape index (κ3) is 3.83. The highest BCUT2D eigenvalue weighted by Crippen LogP contribution is 2.30. The molecule has 2 atom stereocenters. The second kappa shape index (κ2) is 7.95. The highest BCUT2D eigenvalue weighted by Gasteiger charge is 2.25. The van der Waals surface area contributed by atoms with E-state index < -0.39 is 11.0 Å². The normalized spacial score (nSPS) is 17.7. The summed E-state index contributed by atoms with van der Waals surface area (Å²) in [5.74, 6) is 1.30. The number of benzene rings is 2. The van der Waals surface area contributed by atoms with E-state index in [0.717, 1.165) is 36.3 Å². The van der Waals surface area contributed by atoms with E-state index in [1.54, 1.807) is 0 Å². The number of hydrogen-bond acceptors (Lipinski definition) is 6. The van der Waals surface area contributed by atoms with Gasteiger partial charge in [0.25, 0.3) is 5.69 Å². The lowest BCUT2D eigenvalue weighted by atomic mass is 10.2. The highest BCUT2D eigenvalue weighted by molar-refractivity contribution is 5.76. The number of aromatic nitrogens is 2. The van der Waals surface area contributed by atoms with Gasteiger partial charge in [-0.05, 0) is 37.1 Å². The third-order valence-electron chi connectivity index (χ3n) is 4.78. The van der Waals surface area contributed by atoms with Crippen LogP contribution in [0.3, 0.4) is 0 Å². The number of nitro benzene ring substituents is 1. The Bertz CT molecular complexity index is 964. The minimum atomic E-state index is -0.770. The van der Waals surface area contributed by atoms with Crippen molar-refractivity contribution in [2.75, 3.05) is 13.2 Å². The summed E-state index contributed by atoms with van der Waals surface area (Å²) in [4.78, 5) is 15.0. The van der Waals surface area contributed by atoms with E-state index in [2.05, 4.69) is 0 Å². The number of rotatable bonds is 7. The van der Waals surface area contributed by atoms with Crippen molar-refractivity contribution in [1.29, 1.82) is 0 Å². The fourth-order valence-electron chi connectivity index (χ4n) is 3.43. The molecular weight excluding hydrogens is 362 g/mol. The van der Waals surface area contributed by atoms with Crippen LogP contribution in [-0.2, 0) is 11.3 Å². The smallest absolute Gasteiger partial charge is 0.269 e. The van der Waals surface area contributed by atoms with Gasteiger partial charge in [-0.2, -0.15) is 0 Å². The lowest BCUT2D eigenvalue weighted by molar-refractivity contribution is -0.384. The molecule has 146 valence electrons. The summed E-state index contributed by atoms with van der Waals surface area (Å²) in [7, 11) is 0. The molecule has 2 heterocycles. The molecule has 0 bridgehead atoms. The summed E-state index contributed by atoms with van der Waals surface area (Å²) < 4.78 is 13.4. The van der Waals surface area contributed by atoms with Gasteiger partial charge in [-0.15, -0.1) is 0 Å². The first-order valence-electron chi connectivity index (χ1n) is 9.24. The summed E-state index contributed by atoms with van der Waals surface area (Å²) in [6.45, 7) is 1.11. The molecule has 1 aliphatic heterocycles. The SMILES string of the molecule is O=[N+]([O-])c1ccc(OCC(O)Cn2c(C3CCCO3)nc3ccccc32)cc1. The lowest BCUT2D eigenvalue weighted by Crippen LogP contribution is -2.25. The van der Waals surface area contributed by atoms with Gasteiger partial charge >= 0.3 is 0 Å². The van der Waals surface area contributed by atoms with E-state index in [9.17, 15) is 15.2 Å². The van der Waals surface area contributed by atoms with Crippen molar-refractivity contribution in [2.24, 2.45) is 0 Å². The number of para-hydroxylation sites is 2. The van der Waals surface area contributed by atoms with Crippen LogP contribution in [0, 0.1) is 10.1 Å². The summed E-state index contributed by atoms with van der Waals surface area (Å²) in [6, 6.07) is 13.6. The Morgan fingerprint density at radius 1 is 1.29 bits per heavy atom. The van der Waals surface area contributed by atoms with Gasteiger partial charge < -0.3 is 19.1 Å². The van der Waals surface area contributed by atoms with Gasteiger partial charge in [0.2, 0.25) is 0 Å². The molecule has 28 heavy (non-hydrogen) atoms. The van der Waals surface area contributed by atoms with E-state index in [0.29, 0.717) is 12.3 Å². The molecule has 0 spiro atoms. The van der Waals surface area contributed by atoms with Crippen LogP contribution >= 0.6 is 0 Å². The van der Waals surface area contributed by atoms with Gasteiger partial charge in [0.15, 0.2) is 0 Å². The van der Waals surface area contributed by atoms with E-state index in [1.807, 2.05) is 28.8 Å². The Labute approximate surface area is 161 Å². The summed E-state index contributed by atoms with van der Waals surface area (Å²) in [5, 5.41) is 21.2. The van der Waals surface area contributed by atoms with Crippen LogP contribution in [-0.4, -0.2) is 38.9 Å². The average molecular weight is 383 g/mol. The van der Waals surface area contributed by atoms with Gasteiger partial charge in [-0.25, -0.2) is 4.98 Å². The van der Waals surface area contributed by atoms with E-state index in [-0.39, 0.29) is 18.4 Å². The van der Waals surface area contributed by atoms with Gasteiger partial charge in [-0.3, -0.25) is 10.1 Å². The number of non-ortho nitro benzene ring substituents is 1. The van der Waals surface area contributed by atoms with Gasteiger partial charge in [0.05, 0.1) is 22.5 Å². The fraction of sp³-hybridized carbons (Fsp3) is 0.350. The predicted octanol–water partition coefficient (Wildman–Crippen LogP) is 3.24. The summed E-state index contributed by atoms with van der Waals surface area (Å²) >= 11 is 0. The minimum absolute atomic E-state index is 0.000936. The predicted molar refractivity (Wildman–Crippen MR) is 102 cm³/mol. The fourth-order valence-corrected chi connectivity index (χ4v) is 3.43. The molecule has 1 fully saturated rings. The van der Waals surface area contributed by atoms with Crippen molar-refractivity contribution in [3.05, 3.63) is 64.5 Å². The molecule has 0 aliphatic carbocycles. The highest BCUT2D eigenvalue weighted by atomic mass is 16.6. The maximum Gasteiger partial charge on any atom is 0.269 e. The monoisotopic (exact) mass is 383 g/mol. The largest absolute Gasteiger partial charge is 0.491 e. The maximum absolute atomic E-state index is 10.7. The second-order valence-electron chi connectivity index (χ2n) is 6.79. The molecule has 4 rings (SSSR count). The summed E-state index contributed by atoms with van der Waals surface area (Å²) in [6.07, 6.45) is 1.08. The number of hydrogen-bond donors (Lipinski definition) is 1. The molecular formula is C20H21N3O5. The number of fused-ring (bicyclic) bond motifs is 1. The van der Waals surface area contributed by atoms with E-state index in [4.69, 9.17) is 14.5 Å². The van der Waals surface area contributed by atoms with Crippen LogP contribution in [0.15, 0.2) is 48.5 Å². The molecule has 1 N–H and O–H groups in total. The Morgan fingerprint density at radius 3 is 2.79 bits per heavy atom. The second-order valence-corrected chi connectivity index (χ2v) is 6.79. The van der Waals surface area contributed by atoms with E-state index in [1.165, 1.54) is 24.3 Å². The maximum atomic E-state index is 10.7. The minimum Gasteiger partial charge on any atom is -0.491 e. The van der Waals surface area contributed by atoms with Crippen LogP contribution in [0.5, 0.6) is 5.75 Å². The number of aliphatic hydroxyl groups excluding tert-OH is 1. The molecule has 0 radical (unpaired) electrons. The van der Waals surface area contributed by atoms with E-state index >= 15 is 0 Å². The first-order valence-corrected chi connectivity index (χ1v) is 9.24. The Kier molecular flexibility index (Phi) is 5.23. The van der Waals surface area contributed by atoms with Crippen LogP contribution in [0.1, 0.15) is 24.8 Å². The standard InChI is InChI=1S/C20H21N3O5/c24-15(13-28-16-9-7-14(8-10-16)23(25)26)12-22-18-5-2-1-4-17(18)21-20(22)19-6-3-11-27-19/h1-2,4-5,7-10,15,19,24H,3,6,11-13H2. The van der Waals surface area contributed by atoms with Crippen molar-refractivity contribution in [3.63, 3.8) is 0 Å². The number of aliphatic hydroxyl groups is 1. The molecule has 2 aromatic carbocycles. The average Bonchev–Trinajstić information content (AvgIpc) is 3.35. The molecule has 8 nitrogen and oxygen atoms in total. The molecule has 0 amide bonds. The van der Waals surface area contributed by atoms with Crippen molar-refractivity contribution in [2.45, 2.75) is 31.6 Å². The van der Waals surface area contributed by atoms with Crippen LogP contribution in [0.2, 0.25) is 0 Å². The molecule has 3 aromatic rings. The number of nitrogens with zero attached hydrogens (tertiary/aromatic N) is 3. The number of ether oxygens (including phenoxy) is 2.